The molecular weight excluding hydrogens is 344 g/mol. The van der Waals surface area contributed by atoms with Crippen LogP contribution in [0.1, 0.15) is 23.6 Å². The number of aromatic nitrogens is 1. The van der Waals surface area contributed by atoms with E-state index in [2.05, 4.69) is 0 Å². The van der Waals surface area contributed by atoms with Crippen molar-refractivity contribution < 1.29 is 14.6 Å². The van der Waals surface area contributed by atoms with Gasteiger partial charge in [0.25, 0.3) is 5.56 Å². The number of phenolic OH excluding ortho intramolecular Hbond substituents is 1. The third kappa shape index (κ3) is 3.35. The molecule has 1 amide bonds. The molecule has 0 radical (unpaired) electrons. The maximum absolute atomic E-state index is 12.7. The van der Waals surface area contributed by atoms with Crippen LogP contribution in [0, 0.1) is 5.92 Å². The lowest BCUT2D eigenvalue weighted by atomic mass is 9.83. The van der Waals surface area contributed by atoms with E-state index in [9.17, 15) is 14.7 Å². The van der Waals surface area contributed by atoms with E-state index >= 15 is 0 Å². The van der Waals surface area contributed by atoms with E-state index in [-0.39, 0.29) is 23.1 Å². The molecular formula is C21H22N2O4. The first kappa shape index (κ1) is 17.4. The standard InChI is InChI=1S/C21H22N2O4/c1-27-19-7-5-14(10-18(19)24)6-8-20(25)22-11-15-9-16(13-22)17-3-2-4-21(26)23(17)12-15/h2-8,10,15-16,24H,9,11-13H2,1H3/b8-6+/t15-,16+/m0/s1. The van der Waals surface area contributed by atoms with Crippen molar-refractivity contribution in [2.75, 3.05) is 20.2 Å². The number of benzene rings is 1. The second kappa shape index (κ2) is 6.95. The minimum absolute atomic E-state index is 0.0428. The number of hydrogen-bond acceptors (Lipinski definition) is 4. The summed E-state index contributed by atoms with van der Waals surface area (Å²) in [6.45, 7) is 1.96. The fraction of sp³-hybridized carbons (Fsp3) is 0.333. The summed E-state index contributed by atoms with van der Waals surface area (Å²) < 4.78 is 6.88. The highest BCUT2D eigenvalue weighted by atomic mass is 16.5. The van der Waals surface area contributed by atoms with Gasteiger partial charge in [-0.2, -0.15) is 0 Å². The maximum Gasteiger partial charge on any atom is 0.250 e. The van der Waals surface area contributed by atoms with Crippen LogP contribution in [0.4, 0.5) is 0 Å². The Bertz CT molecular complexity index is 963. The second-order valence-electron chi connectivity index (χ2n) is 7.21. The second-order valence-corrected chi connectivity index (χ2v) is 7.21. The molecule has 6 heteroatoms. The number of aromatic hydroxyl groups is 1. The van der Waals surface area contributed by atoms with Crippen LogP contribution < -0.4 is 10.3 Å². The van der Waals surface area contributed by atoms with E-state index in [1.165, 1.54) is 7.11 Å². The van der Waals surface area contributed by atoms with Gasteiger partial charge < -0.3 is 19.3 Å². The molecule has 2 aliphatic heterocycles. The molecule has 140 valence electrons. The Morgan fingerprint density at radius 3 is 2.85 bits per heavy atom. The molecule has 27 heavy (non-hydrogen) atoms. The van der Waals surface area contributed by atoms with Gasteiger partial charge in [-0.05, 0) is 42.2 Å². The van der Waals surface area contributed by atoms with Gasteiger partial charge in [0.2, 0.25) is 5.91 Å². The quantitative estimate of drug-likeness (QED) is 0.846. The predicted octanol–water partition coefficient (Wildman–Crippen LogP) is 2.22. The van der Waals surface area contributed by atoms with Gasteiger partial charge in [-0.15, -0.1) is 0 Å². The number of pyridine rings is 1. The number of ether oxygens (including phenoxy) is 1. The molecule has 6 nitrogen and oxygen atoms in total. The predicted molar refractivity (Wildman–Crippen MR) is 102 cm³/mol. The zero-order valence-electron chi connectivity index (χ0n) is 15.2. The van der Waals surface area contributed by atoms with Gasteiger partial charge in [-0.1, -0.05) is 12.1 Å². The fourth-order valence-electron chi connectivity index (χ4n) is 4.16. The zero-order valence-corrected chi connectivity index (χ0v) is 15.2. The summed E-state index contributed by atoms with van der Waals surface area (Å²) in [6.07, 6.45) is 4.26. The Balaban J connectivity index is 1.49. The Hall–Kier alpha value is -3.02. The van der Waals surface area contributed by atoms with Crippen LogP contribution in [0.15, 0.2) is 47.3 Å². The Morgan fingerprint density at radius 1 is 1.22 bits per heavy atom. The molecule has 2 bridgehead atoms. The third-order valence-electron chi connectivity index (χ3n) is 5.41. The number of piperidine rings is 1. The number of amides is 1. The van der Waals surface area contributed by atoms with Crippen LogP contribution in [-0.2, 0) is 11.3 Å². The number of hydrogen-bond donors (Lipinski definition) is 1. The molecule has 0 unspecified atom stereocenters. The smallest absolute Gasteiger partial charge is 0.250 e. The highest BCUT2D eigenvalue weighted by Crippen LogP contribution is 2.35. The van der Waals surface area contributed by atoms with E-state index in [1.54, 1.807) is 42.5 Å². The molecule has 1 N–H and O–H groups in total. The summed E-state index contributed by atoms with van der Waals surface area (Å²) in [5.41, 5.74) is 1.80. The van der Waals surface area contributed by atoms with Crippen molar-refractivity contribution >= 4 is 12.0 Å². The van der Waals surface area contributed by atoms with Crippen LogP contribution in [-0.4, -0.2) is 40.7 Å². The number of carbonyl (C=O) groups excluding carboxylic acids is 1. The van der Waals surface area contributed by atoms with Crippen LogP contribution in [0.2, 0.25) is 0 Å². The molecule has 1 aromatic heterocycles. The number of phenols is 1. The number of methoxy groups -OCH3 is 1. The first-order valence-corrected chi connectivity index (χ1v) is 9.09. The molecule has 1 aromatic carbocycles. The topological polar surface area (TPSA) is 71.8 Å². The Kier molecular flexibility index (Phi) is 4.48. The molecule has 0 saturated carbocycles. The number of likely N-dealkylation sites (tertiary alicyclic amines) is 1. The van der Waals surface area contributed by atoms with Crippen molar-refractivity contribution in [1.29, 1.82) is 0 Å². The molecule has 3 heterocycles. The summed E-state index contributed by atoms with van der Waals surface area (Å²) >= 11 is 0. The Morgan fingerprint density at radius 2 is 2.07 bits per heavy atom. The van der Waals surface area contributed by atoms with E-state index in [0.29, 0.717) is 31.3 Å². The first-order chi connectivity index (χ1) is 13.0. The molecule has 1 saturated heterocycles. The van der Waals surface area contributed by atoms with E-state index in [4.69, 9.17) is 4.74 Å². The van der Waals surface area contributed by atoms with Gasteiger partial charge in [0, 0.05) is 43.4 Å². The zero-order chi connectivity index (χ0) is 19.0. The average molecular weight is 366 g/mol. The molecule has 0 aliphatic carbocycles. The van der Waals surface area contributed by atoms with Gasteiger partial charge in [0.05, 0.1) is 7.11 Å². The van der Waals surface area contributed by atoms with Gasteiger partial charge in [0.1, 0.15) is 0 Å². The van der Waals surface area contributed by atoms with Crippen LogP contribution >= 0.6 is 0 Å². The lowest BCUT2D eigenvalue weighted by Crippen LogP contribution is -2.48. The minimum atomic E-state index is -0.0493. The SMILES string of the molecule is COc1ccc(/C=C/C(=O)N2C[C@@H]3C[C@H](C2)c2cccc(=O)n2C3)cc1O. The maximum atomic E-state index is 12.7. The fourth-order valence-corrected chi connectivity index (χ4v) is 4.16. The van der Waals surface area contributed by atoms with Crippen LogP contribution in [0.5, 0.6) is 11.5 Å². The number of carbonyl (C=O) groups is 1. The highest BCUT2D eigenvalue weighted by molar-refractivity contribution is 5.92. The van der Waals surface area contributed by atoms with E-state index in [0.717, 1.165) is 17.7 Å². The molecule has 2 aliphatic rings. The Labute approximate surface area is 157 Å². The monoisotopic (exact) mass is 366 g/mol. The molecule has 1 fully saturated rings. The summed E-state index contributed by atoms with van der Waals surface area (Å²) in [5.74, 6) is 0.900. The van der Waals surface area contributed by atoms with Crippen LogP contribution in [0.25, 0.3) is 6.08 Å². The van der Waals surface area contributed by atoms with Crippen LogP contribution in [0.3, 0.4) is 0 Å². The number of rotatable bonds is 3. The highest BCUT2D eigenvalue weighted by Gasteiger charge is 2.35. The van der Waals surface area contributed by atoms with Crippen molar-refractivity contribution in [3.8, 4) is 11.5 Å². The molecule has 2 atom stereocenters. The van der Waals surface area contributed by atoms with Gasteiger partial charge >= 0.3 is 0 Å². The van der Waals surface area contributed by atoms with Gasteiger partial charge in [-0.25, -0.2) is 0 Å². The van der Waals surface area contributed by atoms with Crippen molar-refractivity contribution in [2.24, 2.45) is 5.92 Å². The van der Waals surface area contributed by atoms with E-state index in [1.807, 2.05) is 15.5 Å². The first-order valence-electron chi connectivity index (χ1n) is 9.09. The van der Waals surface area contributed by atoms with Crippen molar-refractivity contribution in [3.05, 3.63) is 64.1 Å². The average Bonchev–Trinajstić information content (AvgIpc) is 2.67. The van der Waals surface area contributed by atoms with Gasteiger partial charge in [0.15, 0.2) is 11.5 Å². The molecule has 0 spiro atoms. The molecule has 4 rings (SSSR count). The molecule has 2 aromatic rings. The normalized spacial score (nSPS) is 21.1. The summed E-state index contributed by atoms with van der Waals surface area (Å²) in [4.78, 5) is 26.6. The van der Waals surface area contributed by atoms with Crippen molar-refractivity contribution in [1.82, 2.24) is 9.47 Å². The van der Waals surface area contributed by atoms with Crippen molar-refractivity contribution in [3.63, 3.8) is 0 Å². The number of nitrogens with zero attached hydrogens (tertiary/aromatic N) is 2. The lowest BCUT2D eigenvalue weighted by molar-refractivity contribution is -0.128. The minimum Gasteiger partial charge on any atom is -0.504 e. The van der Waals surface area contributed by atoms with E-state index < -0.39 is 0 Å². The third-order valence-corrected chi connectivity index (χ3v) is 5.41. The lowest BCUT2D eigenvalue weighted by Gasteiger charge is -2.42. The summed E-state index contributed by atoms with van der Waals surface area (Å²) in [5, 5.41) is 9.85. The largest absolute Gasteiger partial charge is 0.504 e. The van der Waals surface area contributed by atoms with Crippen molar-refractivity contribution in [2.45, 2.75) is 18.9 Å². The van der Waals surface area contributed by atoms with Gasteiger partial charge in [-0.3, -0.25) is 9.59 Å². The summed E-state index contributed by atoms with van der Waals surface area (Å²) in [7, 11) is 1.49. The summed E-state index contributed by atoms with van der Waals surface area (Å²) in [6, 6.07) is 10.4. The number of fused-ring (bicyclic) bond motifs is 4.